The van der Waals surface area contributed by atoms with Crippen LogP contribution in [-0.4, -0.2) is 38.4 Å². The third kappa shape index (κ3) is 4.63. The fraction of sp³-hybridized carbons (Fsp3) is 0.562. The van der Waals surface area contributed by atoms with E-state index in [-0.39, 0.29) is 12.0 Å². The summed E-state index contributed by atoms with van der Waals surface area (Å²) in [6.45, 7) is 3.28. The van der Waals surface area contributed by atoms with Crippen molar-refractivity contribution in [1.82, 2.24) is 5.32 Å². The standard InChI is InChI=1S/C16H23NO4/c1-3-15(16(18)17-11-14-5-4-10-20-14)21-13-8-6-12(19-2)7-9-13/h6-9,14-15H,3-5,10-11H2,1-2H3,(H,17,18)/t14-,15-/m0/s1. The van der Waals surface area contributed by atoms with Gasteiger partial charge in [-0.25, -0.2) is 0 Å². The first-order chi connectivity index (χ1) is 10.2. The molecule has 5 nitrogen and oxygen atoms in total. The van der Waals surface area contributed by atoms with Crippen LogP contribution in [0.4, 0.5) is 0 Å². The van der Waals surface area contributed by atoms with Crippen LogP contribution in [0.1, 0.15) is 26.2 Å². The molecule has 0 saturated carbocycles. The van der Waals surface area contributed by atoms with Crippen molar-refractivity contribution in [1.29, 1.82) is 0 Å². The lowest BCUT2D eigenvalue weighted by Gasteiger charge is -2.18. The molecule has 1 amide bonds. The molecule has 0 unspecified atom stereocenters. The second-order valence-corrected chi connectivity index (χ2v) is 5.07. The first kappa shape index (κ1) is 15.6. The molecule has 1 heterocycles. The van der Waals surface area contributed by atoms with Crippen molar-refractivity contribution in [2.75, 3.05) is 20.3 Å². The quantitative estimate of drug-likeness (QED) is 0.837. The fourth-order valence-electron chi connectivity index (χ4n) is 2.27. The molecule has 0 spiro atoms. The smallest absolute Gasteiger partial charge is 0.261 e. The van der Waals surface area contributed by atoms with Gasteiger partial charge in [0.2, 0.25) is 0 Å². The summed E-state index contributed by atoms with van der Waals surface area (Å²) in [4.78, 5) is 12.1. The van der Waals surface area contributed by atoms with Crippen molar-refractivity contribution in [3.05, 3.63) is 24.3 Å². The highest BCUT2D eigenvalue weighted by molar-refractivity contribution is 5.81. The van der Waals surface area contributed by atoms with E-state index in [0.717, 1.165) is 25.2 Å². The zero-order chi connectivity index (χ0) is 15.1. The zero-order valence-electron chi connectivity index (χ0n) is 12.6. The minimum Gasteiger partial charge on any atom is -0.497 e. The number of nitrogens with one attached hydrogen (secondary N) is 1. The highest BCUT2D eigenvalue weighted by atomic mass is 16.5. The summed E-state index contributed by atoms with van der Waals surface area (Å²) in [6, 6.07) is 7.22. The van der Waals surface area contributed by atoms with Crippen molar-refractivity contribution in [2.24, 2.45) is 0 Å². The summed E-state index contributed by atoms with van der Waals surface area (Å²) in [5.41, 5.74) is 0. The van der Waals surface area contributed by atoms with Crippen LogP contribution in [0.25, 0.3) is 0 Å². The van der Waals surface area contributed by atoms with Gasteiger partial charge in [0.1, 0.15) is 11.5 Å². The van der Waals surface area contributed by atoms with E-state index >= 15 is 0 Å². The molecule has 1 aromatic rings. The summed E-state index contributed by atoms with van der Waals surface area (Å²) in [5.74, 6) is 1.33. The molecule has 0 aliphatic carbocycles. The van der Waals surface area contributed by atoms with Gasteiger partial charge < -0.3 is 19.5 Å². The monoisotopic (exact) mass is 293 g/mol. The Kier molecular flexibility index (Phi) is 5.87. The molecular weight excluding hydrogens is 270 g/mol. The number of rotatable bonds is 7. The maximum absolute atomic E-state index is 12.1. The van der Waals surface area contributed by atoms with Crippen LogP contribution in [0.2, 0.25) is 0 Å². The van der Waals surface area contributed by atoms with Crippen LogP contribution in [-0.2, 0) is 9.53 Å². The molecule has 2 atom stereocenters. The number of carbonyl (C=O) groups excluding carboxylic acids is 1. The summed E-state index contributed by atoms with van der Waals surface area (Å²) in [6.07, 6.45) is 2.35. The number of benzene rings is 1. The normalized spacial score (nSPS) is 19.0. The number of methoxy groups -OCH3 is 1. The molecule has 1 N–H and O–H groups in total. The summed E-state index contributed by atoms with van der Waals surface area (Å²) >= 11 is 0. The van der Waals surface area contributed by atoms with Crippen molar-refractivity contribution in [3.8, 4) is 11.5 Å². The second-order valence-electron chi connectivity index (χ2n) is 5.07. The van der Waals surface area contributed by atoms with Gasteiger partial charge in [0, 0.05) is 13.2 Å². The molecule has 0 aromatic heterocycles. The molecule has 0 radical (unpaired) electrons. The molecule has 2 rings (SSSR count). The minimum atomic E-state index is -0.486. The van der Waals surface area contributed by atoms with Gasteiger partial charge in [0.25, 0.3) is 5.91 Å². The number of ether oxygens (including phenoxy) is 3. The molecule has 1 aliphatic heterocycles. The van der Waals surface area contributed by atoms with E-state index in [1.54, 1.807) is 19.2 Å². The molecule has 1 aromatic carbocycles. The molecule has 1 aliphatic rings. The van der Waals surface area contributed by atoms with Crippen LogP contribution in [0.15, 0.2) is 24.3 Å². The number of hydrogen-bond acceptors (Lipinski definition) is 4. The molecule has 21 heavy (non-hydrogen) atoms. The average molecular weight is 293 g/mol. The predicted molar refractivity (Wildman–Crippen MR) is 79.7 cm³/mol. The highest BCUT2D eigenvalue weighted by Crippen LogP contribution is 2.19. The molecule has 1 fully saturated rings. The summed E-state index contributed by atoms with van der Waals surface area (Å²) in [7, 11) is 1.61. The Hall–Kier alpha value is -1.75. The molecule has 0 bridgehead atoms. The van der Waals surface area contributed by atoms with Gasteiger partial charge in [0.05, 0.1) is 13.2 Å². The summed E-state index contributed by atoms with van der Waals surface area (Å²) < 4.78 is 16.3. The van der Waals surface area contributed by atoms with E-state index in [1.165, 1.54) is 0 Å². The number of carbonyl (C=O) groups is 1. The van der Waals surface area contributed by atoms with E-state index < -0.39 is 6.10 Å². The van der Waals surface area contributed by atoms with Crippen LogP contribution in [0.3, 0.4) is 0 Å². The van der Waals surface area contributed by atoms with Gasteiger partial charge >= 0.3 is 0 Å². The third-order valence-corrected chi connectivity index (χ3v) is 3.53. The summed E-state index contributed by atoms with van der Waals surface area (Å²) in [5, 5.41) is 2.90. The van der Waals surface area contributed by atoms with Crippen molar-refractivity contribution >= 4 is 5.91 Å². The Balaban J connectivity index is 1.83. The van der Waals surface area contributed by atoms with Crippen molar-refractivity contribution in [3.63, 3.8) is 0 Å². The average Bonchev–Trinajstić information content (AvgIpc) is 3.04. The Labute approximate surface area is 125 Å². The highest BCUT2D eigenvalue weighted by Gasteiger charge is 2.21. The van der Waals surface area contributed by atoms with E-state index in [0.29, 0.717) is 18.7 Å². The Morgan fingerprint density at radius 3 is 2.67 bits per heavy atom. The SMILES string of the molecule is CC[C@H](Oc1ccc(OC)cc1)C(=O)NC[C@@H]1CCCO1. The third-order valence-electron chi connectivity index (χ3n) is 3.53. The minimum absolute atomic E-state index is 0.0937. The zero-order valence-corrected chi connectivity index (χ0v) is 12.6. The first-order valence-corrected chi connectivity index (χ1v) is 7.43. The first-order valence-electron chi connectivity index (χ1n) is 7.43. The van der Waals surface area contributed by atoms with Gasteiger partial charge in [-0.2, -0.15) is 0 Å². The van der Waals surface area contributed by atoms with E-state index in [9.17, 15) is 4.79 Å². The van der Waals surface area contributed by atoms with Gasteiger partial charge in [-0.15, -0.1) is 0 Å². The topological polar surface area (TPSA) is 56.8 Å². The van der Waals surface area contributed by atoms with Gasteiger partial charge in [-0.05, 0) is 43.5 Å². The predicted octanol–water partition coefficient (Wildman–Crippen LogP) is 2.15. The van der Waals surface area contributed by atoms with E-state index in [2.05, 4.69) is 5.32 Å². The Morgan fingerprint density at radius 2 is 2.10 bits per heavy atom. The van der Waals surface area contributed by atoms with Crippen molar-refractivity contribution < 1.29 is 19.0 Å². The van der Waals surface area contributed by atoms with Crippen LogP contribution in [0.5, 0.6) is 11.5 Å². The lowest BCUT2D eigenvalue weighted by atomic mass is 10.2. The Morgan fingerprint density at radius 1 is 1.38 bits per heavy atom. The Bertz CT molecular complexity index is 440. The fourth-order valence-corrected chi connectivity index (χ4v) is 2.27. The number of hydrogen-bond donors (Lipinski definition) is 1. The molecular formula is C16H23NO4. The van der Waals surface area contributed by atoms with Crippen LogP contribution < -0.4 is 14.8 Å². The maximum Gasteiger partial charge on any atom is 0.261 e. The lowest BCUT2D eigenvalue weighted by Crippen LogP contribution is -2.41. The van der Waals surface area contributed by atoms with Crippen LogP contribution >= 0.6 is 0 Å². The van der Waals surface area contributed by atoms with Gasteiger partial charge in [-0.1, -0.05) is 6.92 Å². The second kappa shape index (κ2) is 7.88. The van der Waals surface area contributed by atoms with E-state index in [1.807, 2.05) is 19.1 Å². The molecule has 116 valence electrons. The molecule has 1 saturated heterocycles. The lowest BCUT2D eigenvalue weighted by molar-refractivity contribution is -0.128. The van der Waals surface area contributed by atoms with Crippen molar-refractivity contribution in [2.45, 2.75) is 38.4 Å². The maximum atomic E-state index is 12.1. The largest absolute Gasteiger partial charge is 0.497 e. The van der Waals surface area contributed by atoms with Gasteiger partial charge in [0.15, 0.2) is 6.10 Å². The van der Waals surface area contributed by atoms with Gasteiger partial charge in [-0.3, -0.25) is 4.79 Å². The number of amides is 1. The van der Waals surface area contributed by atoms with Crippen LogP contribution in [0, 0.1) is 0 Å². The molecule has 5 heteroatoms. The van der Waals surface area contributed by atoms with E-state index in [4.69, 9.17) is 14.2 Å².